The zero-order valence-corrected chi connectivity index (χ0v) is 13.2. The molecule has 1 N–H and O–H groups in total. The molecule has 1 aliphatic heterocycles. The van der Waals surface area contributed by atoms with Gasteiger partial charge >= 0.3 is 0 Å². The van der Waals surface area contributed by atoms with Crippen LogP contribution < -0.4 is 10.1 Å². The van der Waals surface area contributed by atoms with E-state index in [0.717, 1.165) is 25.4 Å². The number of hydrogen-bond donors (Lipinski definition) is 1. The summed E-state index contributed by atoms with van der Waals surface area (Å²) in [5.74, 6) is 0.943. The molecule has 1 aromatic carbocycles. The van der Waals surface area contributed by atoms with Crippen LogP contribution in [0.3, 0.4) is 0 Å². The summed E-state index contributed by atoms with van der Waals surface area (Å²) in [5.41, 5.74) is 3.68. The summed E-state index contributed by atoms with van der Waals surface area (Å²) in [4.78, 5) is 2.31. The van der Waals surface area contributed by atoms with E-state index in [-0.39, 0.29) is 12.1 Å². The third-order valence-electron chi connectivity index (χ3n) is 4.00. The SMILES string of the molecule is CNC(c1c(C)cc(C)cc1OC)C1CN(C)CCO1. The van der Waals surface area contributed by atoms with Gasteiger partial charge in [-0.05, 0) is 45.1 Å². The molecule has 4 nitrogen and oxygen atoms in total. The molecule has 2 atom stereocenters. The summed E-state index contributed by atoms with van der Waals surface area (Å²) in [6.07, 6.45) is 0.147. The maximum Gasteiger partial charge on any atom is 0.124 e. The largest absolute Gasteiger partial charge is 0.496 e. The molecule has 1 aliphatic rings. The Morgan fingerprint density at radius 1 is 1.40 bits per heavy atom. The van der Waals surface area contributed by atoms with Gasteiger partial charge in [0.15, 0.2) is 0 Å². The van der Waals surface area contributed by atoms with Gasteiger partial charge in [0, 0.05) is 18.7 Å². The van der Waals surface area contributed by atoms with Crippen LogP contribution in [0.5, 0.6) is 5.75 Å². The van der Waals surface area contributed by atoms with Crippen LogP contribution in [-0.4, -0.2) is 51.9 Å². The van der Waals surface area contributed by atoms with Crippen molar-refractivity contribution in [1.29, 1.82) is 0 Å². The van der Waals surface area contributed by atoms with Crippen LogP contribution in [0.25, 0.3) is 0 Å². The van der Waals surface area contributed by atoms with Gasteiger partial charge < -0.3 is 19.7 Å². The number of methoxy groups -OCH3 is 1. The van der Waals surface area contributed by atoms with Gasteiger partial charge in [0.2, 0.25) is 0 Å². The predicted molar refractivity (Wildman–Crippen MR) is 81.5 cm³/mol. The van der Waals surface area contributed by atoms with Crippen LogP contribution >= 0.6 is 0 Å². The molecule has 1 heterocycles. The van der Waals surface area contributed by atoms with Gasteiger partial charge in [-0.1, -0.05) is 6.07 Å². The molecule has 1 saturated heterocycles. The minimum atomic E-state index is 0.147. The van der Waals surface area contributed by atoms with Crippen molar-refractivity contribution in [2.45, 2.75) is 26.0 Å². The van der Waals surface area contributed by atoms with Crippen molar-refractivity contribution < 1.29 is 9.47 Å². The van der Waals surface area contributed by atoms with Gasteiger partial charge in [0.05, 0.1) is 25.9 Å². The quantitative estimate of drug-likeness (QED) is 0.912. The van der Waals surface area contributed by atoms with Crippen molar-refractivity contribution >= 4 is 0 Å². The molecule has 0 radical (unpaired) electrons. The molecule has 0 aliphatic carbocycles. The molecule has 20 heavy (non-hydrogen) atoms. The molecule has 1 fully saturated rings. The lowest BCUT2D eigenvalue weighted by atomic mass is 9.93. The fourth-order valence-corrected chi connectivity index (χ4v) is 3.04. The van der Waals surface area contributed by atoms with Crippen molar-refractivity contribution in [1.82, 2.24) is 10.2 Å². The molecular formula is C16H26N2O2. The van der Waals surface area contributed by atoms with Crippen molar-refractivity contribution in [3.63, 3.8) is 0 Å². The Hall–Kier alpha value is -1.10. The average Bonchev–Trinajstić information content (AvgIpc) is 2.41. The number of hydrogen-bond acceptors (Lipinski definition) is 4. The Morgan fingerprint density at radius 2 is 2.15 bits per heavy atom. The monoisotopic (exact) mass is 278 g/mol. The molecule has 0 spiro atoms. The number of rotatable bonds is 4. The third kappa shape index (κ3) is 3.14. The predicted octanol–water partition coefficient (Wildman–Crippen LogP) is 1.90. The minimum Gasteiger partial charge on any atom is -0.496 e. The van der Waals surface area contributed by atoms with Crippen LogP contribution in [0.15, 0.2) is 12.1 Å². The lowest BCUT2D eigenvalue weighted by Gasteiger charge is -2.36. The highest BCUT2D eigenvalue weighted by Crippen LogP contribution is 2.33. The number of nitrogens with zero attached hydrogens (tertiary/aromatic N) is 1. The van der Waals surface area contributed by atoms with E-state index in [1.165, 1.54) is 16.7 Å². The van der Waals surface area contributed by atoms with Crippen LogP contribution in [0.1, 0.15) is 22.7 Å². The molecular weight excluding hydrogens is 252 g/mol. The Balaban J connectivity index is 2.36. The van der Waals surface area contributed by atoms with Crippen molar-refractivity contribution in [3.05, 3.63) is 28.8 Å². The van der Waals surface area contributed by atoms with E-state index >= 15 is 0 Å². The smallest absolute Gasteiger partial charge is 0.124 e. The van der Waals surface area contributed by atoms with E-state index in [1.54, 1.807) is 7.11 Å². The van der Waals surface area contributed by atoms with E-state index in [4.69, 9.17) is 9.47 Å². The van der Waals surface area contributed by atoms with Gasteiger partial charge in [0.25, 0.3) is 0 Å². The van der Waals surface area contributed by atoms with Crippen LogP contribution in [0.4, 0.5) is 0 Å². The molecule has 112 valence electrons. The number of nitrogens with one attached hydrogen (secondary N) is 1. The molecule has 0 amide bonds. The van der Waals surface area contributed by atoms with E-state index in [0.29, 0.717) is 0 Å². The summed E-state index contributed by atoms with van der Waals surface area (Å²) in [7, 11) is 5.86. The van der Waals surface area contributed by atoms with E-state index in [1.807, 2.05) is 7.05 Å². The Labute approximate surface area is 122 Å². The number of morpholine rings is 1. The average molecular weight is 278 g/mol. The number of ether oxygens (including phenoxy) is 2. The summed E-state index contributed by atoms with van der Waals surface area (Å²) < 4.78 is 11.6. The zero-order chi connectivity index (χ0) is 14.7. The molecule has 0 bridgehead atoms. The van der Waals surface area contributed by atoms with Crippen molar-refractivity contribution in [2.24, 2.45) is 0 Å². The Morgan fingerprint density at radius 3 is 2.75 bits per heavy atom. The van der Waals surface area contributed by atoms with Gasteiger partial charge in [-0.15, -0.1) is 0 Å². The first kappa shape index (κ1) is 15.3. The lowest BCUT2D eigenvalue weighted by molar-refractivity contribution is -0.0384. The molecule has 2 rings (SSSR count). The first-order valence-corrected chi connectivity index (χ1v) is 7.19. The number of benzene rings is 1. The number of likely N-dealkylation sites (N-methyl/N-ethyl adjacent to an activating group) is 2. The molecule has 1 aromatic rings. The van der Waals surface area contributed by atoms with Gasteiger partial charge in [-0.25, -0.2) is 0 Å². The van der Waals surface area contributed by atoms with E-state index in [9.17, 15) is 0 Å². The summed E-state index contributed by atoms with van der Waals surface area (Å²) >= 11 is 0. The second kappa shape index (κ2) is 6.57. The van der Waals surface area contributed by atoms with Gasteiger partial charge in [0.1, 0.15) is 5.75 Å². The van der Waals surface area contributed by atoms with Crippen LogP contribution in [0, 0.1) is 13.8 Å². The molecule has 4 heteroatoms. The second-order valence-corrected chi connectivity index (χ2v) is 5.64. The molecule has 0 aromatic heterocycles. The highest BCUT2D eigenvalue weighted by atomic mass is 16.5. The van der Waals surface area contributed by atoms with Crippen molar-refractivity contribution in [3.8, 4) is 5.75 Å². The van der Waals surface area contributed by atoms with Crippen LogP contribution in [-0.2, 0) is 4.74 Å². The minimum absolute atomic E-state index is 0.147. The summed E-state index contributed by atoms with van der Waals surface area (Å²) in [5, 5.41) is 3.41. The molecule has 0 saturated carbocycles. The van der Waals surface area contributed by atoms with Gasteiger partial charge in [-0.2, -0.15) is 0 Å². The highest BCUT2D eigenvalue weighted by Gasteiger charge is 2.30. The fraction of sp³-hybridized carbons (Fsp3) is 0.625. The number of aryl methyl sites for hydroxylation is 2. The highest BCUT2D eigenvalue weighted by molar-refractivity contribution is 5.45. The van der Waals surface area contributed by atoms with E-state index in [2.05, 4.69) is 43.2 Å². The summed E-state index contributed by atoms with van der Waals surface area (Å²) in [6.45, 7) is 6.95. The molecule has 2 unspecified atom stereocenters. The van der Waals surface area contributed by atoms with Crippen LogP contribution in [0.2, 0.25) is 0 Å². The first-order chi connectivity index (χ1) is 9.56. The van der Waals surface area contributed by atoms with E-state index < -0.39 is 0 Å². The zero-order valence-electron chi connectivity index (χ0n) is 13.2. The normalized spacial score (nSPS) is 21.8. The topological polar surface area (TPSA) is 33.7 Å². The third-order valence-corrected chi connectivity index (χ3v) is 4.00. The fourth-order valence-electron chi connectivity index (χ4n) is 3.04. The lowest BCUT2D eigenvalue weighted by Crippen LogP contribution is -2.46. The standard InChI is InChI=1S/C16H26N2O2/c1-11-8-12(2)15(13(9-11)19-5)16(17-3)14-10-18(4)6-7-20-14/h8-9,14,16-17H,6-7,10H2,1-5H3. The van der Waals surface area contributed by atoms with Crippen molar-refractivity contribution in [2.75, 3.05) is 40.9 Å². The Kier molecular flexibility index (Phi) is 5.02. The van der Waals surface area contributed by atoms with Gasteiger partial charge in [-0.3, -0.25) is 0 Å². The second-order valence-electron chi connectivity index (χ2n) is 5.64. The Bertz CT molecular complexity index is 462. The first-order valence-electron chi connectivity index (χ1n) is 7.19. The summed E-state index contributed by atoms with van der Waals surface area (Å²) in [6, 6.07) is 4.45. The maximum absolute atomic E-state index is 5.98. The maximum atomic E-state index is 5.98.